The summed E-state index contributed by atoms with van der Waals surface area (Å²) in [7, 11) is 0. The van der Waals surface area contributed by atoms with Crippen molar-refractivity contribution >= 4 is 43.6 Å². The molecule has 13 rings (SSSR count). The van der Waals surface area contributed by atoms with Crippen LogP contribution in [0.1, 0.15) is 33.4 Å². The van der Waals surface area contributed by atoms with Crippen molar-refractivity contribution in [3.63, 3.8) is 0 Å². The lowest BCUT2D eigenvalue weighted by atomic mass is 9.91. The summed E-state index contributed by atoms with van der Waals surface area (Å²) in [4.78, 5) is 10.5. The molecule has 0 saturated carbocycles. The van der Waals surface area contributed by atoms with E-state index in [9.17, 15) is 0 Å². The highest BCUT2D eigenvalue weighted by Gasteiger charge is 2.22. The van der Waals surface area contributed by atoms with E-state index in [2.05, 4.69) is 257 Å². The Morgan fingerprint density at radius 2 is 0.757 bits per heavy atom. The standard InChI is InChI=1S/C70H54N4/c1-43-34-45(3)68(46(4)35-43)53-29-32-66-59(40-53)60-41-54(69-47(5)36-44(2)37-48(69)6)30-33-67(60)74(66)65-31-28-52(62-42-61(49-18-9-7-10-19-49)71-70(72-62)50-20-11-8-12-21-50)39-58(65)51-22-17-23-55(38-51)73-63-26-15-13-24-56(63)57-25-14-16-27-64(57)73/h7-42H,1-6H3. The van der Waals surface area contributed by atoms with Gasteiger partial charge in [0.25, 0.3) is 0 Å². The molecule has 0 bridgehead atoms. The Bertz CT molecular complexity index is 4090. The summed E-state index contributed by atoms with van der Waals surface area (Å²) in [5, 5.41) is 4.90. The Morgan fingerprint density at radius 3 is 1.31 bits per heavy atom. The largest absolute Gasteiger partial charge is 0.309 e. The Balaban J connectivity index is 1.09. The number of aryl methyl sites for hydroxylation is 6. The van der Waals surface area contributed by atoms with Crippen LogP contribution in [0, 0.1) is 41.5 Å². The fourth-order valence-corrected chi connectivity index (χ4v) is 12.1. The van der Waals surface area contributed by atoms with Crippen molar-refractivity contribution in [2.45, 2.75) is 41.5 Å². The summed E-state index contributed by atoms with van der Waals surface area (Å²) in [6, 6.07) is 79.8. The van der Waals surface area contributed by atoms with Crippen molar-refractivity contribution in [2.24, 2.45) is 0 Å². The molecule has 10 aromatic carbocycles. The van der Waals surface area contributed by atoms with E-state index in [0.29, 0.717) is 5.82 Å². The maximum absolute atomic E-state index is 5.35. The first-order chi connectivity index (χ1) is 36.1. The van der Waals surface area contributed by atoms with Crippen molar-refractivity contribution in [2.75, 3.05) is 0 Å². The van der Waals surface area contributed by atoms with Crippen LogP contribution in [0.5, 0.6) is 0 Å². The van der Waals surface area contributed by atoms with E-state index in [1.54, 1.807) is 0 Å². The summed E-state index contributed by atoms with van der Waals surface area (Å²) < 4.78 is 4.91. The lowest BCUT2D eigenvalue weighted by Gasteiger charge is -2.18. The molecule has 0 saturated heterocycles. The second kappa shape index (κ2) is 17.9. The summed E-state index contributed by atoms with van der Waals surface area (Å²) in [5.74, 6) is 0.688. The van der Waals surface area contributed by atoms with Crippen LogP contribution in [0.2, 0.25) is 0 Å². The Hall–Kier alpha value is -9.12. The van der Waals surface area contributed by atoms with Gasteiger partial charge in [-0.15, -0.1) is 0 Å². The van der Waals surface area contributed by atoms with E-state index >= 15 is 0 Å². The summed E-state index contributed by atoms with van der Waals surface area (Å²) >= 11 is 0. The maximum atomic E-state index is 5.35. The van der Waals surface area contributed by atoms with Crippen LogP contribution in [0.3, 0.4) is 0 Å². The molecule has 0 spiro atoms. The van der Waals surface area contributed by atoms with Gasteiger partial charge in [0.1, 0.15) is 0 Å². The molecular formula is C70H54N4. The molecule has 0 N–H and O–H groups in total. The molecule has 74 heavy (non-hydrogen) atoms. The average Bonchev–Trinajstić information content (AvgIpc) is 3.95. The van der Waals surface area contributed by atoms with Gasteiger partial charge in [0.15, 0.2) is 5.82 Å². The molecule has 13 aromatic rings. The number of hydrogen-bond acceptors (Lipinski definition) is 2. The highest BCUT2D eigenvalue weighted by atomic mass is 15.0. The first-order valence-electron chi connectivity index (χ1n) is 25.6. The maximum Gasteiger partial charge on any atom is 0.160 e. The summed E-state index contributed by atoms with van der Waals surface area (Å²) in [5.41, 5.74) is 26.5. The van der Waals surface area contributed by atoms with E-state index < -0.39 is 0 Å². The molecular weight excluding hydrogens is 897 g/mol. The average molecular weight is 951 g/mol. The van der Waals surface area contributed by atoms with Gasteiger partial charge in [0.2, 0.25) is 0 Å². The lowest BCUT2D eigenvalue weighted by molar-refractivity contribution is 1.16. The zero-order valence-electron chi connectivity index (χ0n) is 42.6. The van der Waals surface area contributed by atoms with E-state index in [0.717, 1.165) is 61.6 Å². The molecule has 3 heterocycles. The van der Waals surface area contributed by atoms with Crippen molar-refractivity contribution in [1.82, 2.24) is 19.1 Å². The van der Waals surface area contributed by atoms with Crippen LogP contribution in [0.25, 0.3) is 122 Å². The zero-order chi connectivity index (χ0) is 50.2. The number of para-hydroxylation sites is 2. The molecule has 0 radical (unpaired) electrons. The minimum Gasteiger partial charge on any atom is -0.309 e. The lowest BCUT2D eigenvalue weighted by Crippen LogP contribution is -2.00. The fourth-order valence-electron chi connectivity index (χ4n) is 12.1. The normalized spacial score (nSPS) is 11.6. The summed E-state index contributed by atoms with van der Waals surface area (Å²) in [6.45, 7) is 13.4. The molecule has 0 aliphatic carbocycles. The third kappa shape index (κ3) is 7.61. The van der Waals surface area contributed by atoms with Crippen LogP contribution in [0.4, 0.5) is 0 Å². The zero-order valence-corrected chi connectivity index (χ0v) is 42.6. The van der Waals surface area contributed by atoms with E-state index in [4.69, 9.17) is 9.97 Å². The Morgan fingerprint density at radius 1 is 0.297 bits per heavy atom. The fraction of sp³-hybridized carbons (Fsp3) is 0.0857. The Kier molecular flexibility index (Phi) is 10.8. The third-order valence-electron chi connectivity index (χ3n) is 15.1. The number of fused-ring (bicyclic) bond motifs is 6. The van der Waals surface area contributed by atoms with Crippen molar-refractivity contribution in [3.8, 4) is 78.7 Å². The predicted octanol–water partition coefficient (Wildman–Crippen LogP) is 18.5. The number of benzene rings is 10. The van der Waals surface area contributed by atoms with Gasteiger partial charge in [-0.2, -0.15) is 0 Å². The SMILES string of the molecule is Cc1cc(C)c(-c2ccc3c(c2)c2cc(-c4c(C)cc(C)cc4C)ccc2n3-c2ccc(-c3cc(-c4ccccc4)nc(-c4ccccc4)n3)cc2-c2cccc(-n3c4ccccc4c4ccccc43)c2)c(C)c1. The summed E-state index contributed by atoms with van der Waals surface area (Å²) in [6.07, 6.45) is 0. The van der Waals surface area contributed by atoms with Crippen LogP contribution >= 0.6 is 0 Å². The molecule has 354 valence electrons. The van der Waals surface area contributed by atoms with Crippen molar-refractivity contribution in [3.05, 3.63) is 252 Å². The topological polar surface area (TPSA) is 35.6 Å². The predicted molar refractivity (Wildman–Crippen MR) is 312 cm³/mol. The molecule has 4 heteroatoms. The second-order valence-electron chi connectivity index (χ2n) is 20.2. The number of aromatic nitrogens is 4. The Labute approximate surface area is 432 Å². The van der Waals surface area contributed by atoms with Gasteiger partial charge < -0.3 is 9.13 Å². The van der Waals surface area contributed by atoms with E-state index in [1.807, 2.05) is 12.1 Å². The monoisotopic (exact) mass is 950 g/mol. The molecule has 0 aliphatic heterocycles. The molecule has 4 nitrogen and oxygen atoms in total. The van der Waals surface area contributed by atoms with Gasteiger partial charge in [-0.05, 0) is 158 Å². The highest BCUT2D eigenvalue weighted by Crippen LogP contribution is 2.44. The smallest absolute Gasteiger partial charge is 0.160 e. The van der Waals surface area contributed by atoms with Gasteiger partial charge in [-0.3, -0.25) is 0 Å². The quantitative estimate of drug-likeness (QED) is 0.152. The van der Waals surface area contributed by atoms with Gasteiger partial charge in [-0.25, -0.2) is 9.97 Å². The molecule has 0 fully saturated rings. The third-order valence-corrected chi connectivity index (χ3v) is 15.1. The molecule has 0 unspecified atom stereocenters. The van der Waals surface area contributed by atoms with Crippen LogP contribution < -0.4 is 0 Å². The highest BCUT2D eigenvalue weighted by molar-refractivity contribution is 6.13. The van der Waals surface area contributed by atoms with Crippen LogP contribution in [-0.2, 0) is 0 Å². The second-order valence-corrected chi connectivity index (χ2v) is 20.2. The number of nitrogens with zero attached hydrogens (tertiary/aromatic N) is 4. The molecule has 3 aromatic heterocycles. The van der Waals surface area contributed by atoms with E-state index in [1.165, 1.54) is 88.2 Å². The minimum absolute atomic E-state index is 0.688. The van der Waals surface area contributed by atoms with Crippen LogP contribution in [0.15, 0.2) is 218 Å². The van der Waals surface area contributed by atoms with Gasteiger partial charge in [0.05, 0.1) is 39.1 Å². The van der Waals surface area contributed by atoms with Crippen LogP contribution in [-0.4, -0.2) is 19.1 Å². The molecule has 0 atom stereocenters. The van der Waals surface area contributed by atoms with Crippen molar-refractivity contribution in [1.29, 1.82) is 0 Å². The minimum atomic E-state index is 0.688. The molecule has 0 aliphatic rings. The van der Waals surface area contributed by atoms with Gasteiger partial charge in [-0.1, -0.05) is 163 Å². The van der Waals surface area contributed by atoms with Gasteiger partial charge >= 0.3 is 0 Å². The van der Waals surface area contributed by atoms with E-state index in [-0.39, 0.29) is 0 Å². The van der Waals surface area contributed by atoms with Crippen molar-refractivity contribution < 1.29 is 0 Å². The van der Waals surface area contributed by atoms with Gasteiger partial charge in [0, 0.05) is 49.5 Å². The molecule has 0 amide bonds. The first-order valence-corrected chi connectivity index (χ1v) is 25.6. The number of hydrogen-bond donors (Lipinski definition) is 0. The number of rotatable bonds is 8. The first kappa shape index (κ1) is 44.8.